The number of furan rings is 1. The summed E-state index contributed by atoms with van der Waals surface area (Å²) in [5, 5.41) is 7.82. The van der Waals surface area contributed by atoms with Crippen LogP contribution in [0.2, 0.25) is 0 Å². The van der Waals surface area contributed by atoms with E-state index in [0.29, 0.717) is 5.76 Å². The van der Waals surface area contributed by atoms with Gasteiger partial charge in [0.1, 0.15) is 5.76 Å². The maximum absolute atomic E-state index is 11.3. The Morgan fingerprint density at radius 3 is 2.89 bits per heavy atom. The maximum Gasteiger partial charge on any atom is 0.321 e. The van der Waals surface area contributed by atoms with Crippen molar-refractivity contribution in [2.75, 3.05) is 5.75 Å². The highest BCUT2D eigenvalue weighted by atomic mass is 32.2. The van der Waals surface area contributed by atoms with Crippen LogP contribution in [-0.4, -0.2) is 22.9 Å². The molecule has 0 unspecified atom stereocenters. The van der Waals surface area contributed by atoms with Gasteiger partial charge in [-0.2, -0.15) is 5.10 Å². The minimum Gasteiger partial charge on any atom is -0.467 e. The summed E-state index contributed by atoms with van der Waals surface area (Å²) < 4.78 is 5.00. The largest absolute Gasteiger partial charge is 0.467 e. The molecule has 1 aromatic rings. The number of carbonyl (C=O) groups excluding carboxylic acids is 2. The highest BCUT2D eigenvalue weighted by Crippen LogP contribution is 1.99. The number of carbonyl (C=O) groups is 2. The number of nitrogens with two attached hydrogens (primary N) is 2. The Morgan fingerprint density at radius 2 is 2.28 bits per heavy atom. The van der Waals surface area contributed by atoms with Gasteiger partial charge in [-0.15, -0.1) is 0 Å². The molecule has 8 nitrogen and oxygen atoms in total. The molecule has 3 amide bonds. The predicted molar refractivity (Wildman–Crippen MR) is 67.4 cm³/mol. The van der Waals surface area contributed by atoms with Crippen LogP contribution in [0.3, 0.4) is 0 Å². The number of imide groups is 1. The van der Waals surface area contributed by atoms with Gasteiger partial charge in [0.25, 0.3) is 0 Å². The molecule has 0 spiro atoms. The zero-order valence-electron chi connectivity index (χ0n) is 9.38. The van der Waals surface area contributed by atoms with Crippen LogP contribution in [0.15, 0.2) is 27.9 Å². The molecular formula is C9H13N5O3S. The third kappa shape index (κ3) is 5.25. The average molecular weight is 271 g/mol. The molecule has 18 heavy (non-hydrogen) atoms. The lowest BCUT2D eigenvalue weighted by Gasteiger charge is -2.04. The summed E-state index contributed by atoms with van der Waals surface area (Å²) in [6.45, 7) is 0.200. The first-order valence-corrected chi connectivity index (χ1v) is 5.86. The normalized spacial score (nSPS) is 11.0. The number of rotatable bonds is 4. The van der Waals surface area contributed by atoms with Crippen LogP contribution >= 0.6 is 11.8 Å². The zero-order chi connectivity index (χ0) is 13.4. The first-order chi connectivity index (χ1) is 8.61. The van der Waals surface area contributed by atoms with Crippen molar-refractivity contribution in [3.63, 3.8) is 0 Å². The average Bonchev–Trinajstić information content (AvgIpc) is 2.86. The fraction of sp³-hybridized carbons (Fsp3) is 0.222. The summed E-state index contributed by atoms with van der Waals surface area (Å²) in [5.41, 5.74) is 5.27. The number of amidine groups is 1. The van der Waals surface area contributed by atoms with E-state index < -0.39 is 11.9 Å². The van der Waals surface area contributed by atoms with Gasteiger partial charge in [0.05, 0.1) is 18.6 Å². The fourth-order valence-corrected chi connectivity index (χ4v) is 1.39. The molecule has 1 heterocycles. The Labute approximate surface area is 107 Å². The summed E-state index contributed by atoms with van der Waals surface area (Å²) in [5.74, 6) is 4.93. The lowest BCUT2D eigenvalue weighted by molar-refractivity contribution is -0.117. The van der Waals surface area contributed by atoms with Gasteiger partial charge in [-0.1, -0.05) is 11.8 Å². The van der Waals surface area contributed by atoms with Gasteiger partial charge < -0.3 is 21.3 Å². The van der Waals surface area contributed by atoms with E-state index in [4.69, 9.17) is 16.0 Å². The van der Waals surface area contributed by atoms with Gasteiger partial charge in [-0.05, 0) is 12.1 Å². The Morgan fingerprint density at radius 1 is 1.50 bits per heavy atom. The minimum absolute atomic E-state index is 0.0410. The van der Waals surface area contributed by atoms with E-state index in [2.05, 4.69) is 15.7 Å². The number of amides is 3. The van der Waals surface area contributed by atoms with Crippen molar-refractivity contribution in [3.05, 3.63) is 24.2 Å². The van der Waals surface area contributed by atoms with E-state index in [0.717, 1.165) is 11.8 Å². The molecule has 9 heteroatoms. The van der Waals surface area contributed by atoms with E-state index >= 15 is 0 Å². The number of hydrogen-bond donors (Lipinski definition) is 4. The second-order valence-electron chi connectivity index (χ2n) is 3.07. The lowest BCUT2D eigenvalue weighted by Crippen LogP contribution is -2.40. The zero-order valence-corrected chi connectivity index (χ0v) is 10.2. The van der Waals surface area contributed by atoms with Crippen LogP contribution in [0.25, 0.3) is 0 Å². The van der Waals surface area contributed by atoms with E-state index in [1.165, 1.54) is 6.26 Å². The van der Waals surface area contributed by atoms with Crippen LogP contribution in [0.1, 0.15) is 5.76 Å². The molecule has 1 aromatic heterocycles. The Balaban J connectivity index is 2.21. The number of thioether (sulfide) groups is 1. The van der Waals surface area contributed by atoms with E-state index in [1.807, 2.05) is 0 Å². The lowest BCUT2D eigenvalue weighted by atomic mass is 10.4. The predicted octanol–water partition coefficient (Wildman–Crippen LogP) is -0.473. The molecule has 0 saturated carbocycles. The van der Waals surface area contributed by atoms with Crippen LogP contribution in [0, 0.1) is 0 Å². The van der Waals surface area contributed by atoms with E-state index in [-0.39, 0.29) is 17.5 Å². The van der Waals surface area contributed by atoms with Crippen molar-refractivity contribution in [2.24, 2.45) is 16.7 Å². The van der Waals surface area contributed by atoms with Crippen LogP contribution in [0.4, 0.5) is 4.79 Å². The third-order valence-electron chi connectivity index (χ3n) is 1.73. The number of nitrogens with zero attached hydrogens (tertiary/aromatic N) is 1. The van der Waals surface area contributed by atoms with Crippen molar-refractivity contribution >= 4 is 28.9 Å². The first-order valence-electron chi connectivity index (χ1n) is 4.88. The van der Waals surface area contributed by atoms with Crippen LogP contribution in [-0.2, 0) is 11.3 Å². The molecule has 1 rings (SSSR count). The van der Waals surface area contributed by atoms with Gasteiger partial charge in [-0.25, -0.2) is 4.79 Å². The van der Waals surface area contributed by atoms with Crippen LogP contribution < -0.4 is 22.2 Å². The molecule has 0 aliphatic rings. The number of hydrogen-bond acceptors (Lipinski definition) is 6. The highest BCUT2D eigenvalue weighted by molar-refractivity contribution is 8.14. The molecule has 0 fully saturated rings. The maximum atomic E-state index is 11.3. The minimum atomic E-state index is -0.611. The van der Waals surface area contributed by atoms with Gasteiger partial charge in [0.2, 0.25) is 5.91 Å². The van der Waals surface area contributed by atoms with Crippen molar-refractivity contribution in [1.29, 1.82) is 0 Å². The summed E-state index contributed by atoms with van der Waals surface area (Å²) in [7, 11) is 0. The molecule has 0 aliphatic carbocycles. The van der Waals surface area contributed by atoms with Crippen LogP contribution in [0.5, 0.6) is 0 Å². The topological polar surface area (TPSA) is 136 Å². The molecule has 98 valence electrons. The van der Waals surface area contributed by atoms with Crippen molar-refractivity contribution < 1.29 is 14.0 Å². The van der Waals surface area contributed by atoms with Gasteiger partial charge in [0.15, 0.2) is 5.17 Å². The molecule has 0 bridgehead atoms. The van der Waals surface area contributed by atoms with Gasteiger partial charge in [-0.3, -0.25) is 10.1 Å². The molecule has 6 N–H and O–H groups in total. The van der Waals surface area contributed by atoms with Crippen molar-refractivity contribution in [3.8, 4) is 0 Å². The molecule has 0 atom stereocenters. The summed E-state index contributed by atoms with van der Waals surface area (Å²) >= 11 is 0.935. The van der Waals surface area contributed by atoms with Gasteiger partial charge >= 0.3 is 6.03 Å². The molecular weight excluding hydrogens is 258 g/mol. The summed E-state index contributed by atoms with van der Waals surface area (Å²) in [6, 6.07) is 2.79. The summed E-state index contributed by atoms with van der Waals surface area (Å²) in [4.78, 5) is 22.6. The second-order valence-corrected chi connectivity index (χ2v) is 4.06. The molecule has 0 saturated heterocycles. The monoisotopic (exact) mass is 271 g/mol. The molecule has 0 radical (unpaired) electrons. The van der Waals surface area contributed by atoms with Crippen molar-refractivity contribution in [1.82, 2.24) is 10.6 Å². The van der Waals surface area contributed by atoms with Gasteiger partial charge in [0, 0.05) is 0 Å². The smallest absolute Gasteiger partial charge is 0.321 e. The third-order valence-corrected chi connectivity index (χ3v) is 2.54. The van der Waals surface area contributed by atoms with Crippen molar-refractivity contribution in [2.45, 2.75) is 6.54 Å². The number of nitrogens with one attached hydrogen (secondary N) is 2. The Hall–Kier alpha value is -2.16. The fourth-order valence-electron chi connectivity index (χ4n) is 0.964. The molecule has 0 aliphatic heterocycles. The number of hydrazone groups is 1. The second kappa shape index (κ2) is 7.22. The Bertz CT molecular complexity index is 431. The highest BCUT2D eigenvalue weighted by Gasteiger charge is 2.08. The number of urea groups is 1. The SMILES string of the molecule is NN=C(N)SCC(=O)NC(=O)NCc1ccco1. The summed E-state index contributed by atoms with van der Waals surface area (Å²) in [6.07, 6.45) is 1.49. The standard InChI is InChI=1S/C9H13N5O3S/c10-8(14-11)18-5-7(15)13-9(16)12-4-6-2-1-3-17-6/h1-3H,4-5,11H2,(H2,10,14)(H2,12,13,15,16). The first kappa shape index (κ1) is 13.9. The van der Waals surface area contributed by atoms with E-state index in [9.17, 15) is 9.59 Å². The quantitative estimate of drug-likeness (QED) is 0.253. The molecule has 0 aromatic carbocycles. The van der Waals surface area contributed by atoms with E-state index in [1.54, 1.807) is 12.1 Å². The Kier molecular flexibility index (Phi) is 5.58.